The van der Waals surface area contributed by atoms with Crippen molar-refractivity contribution in [1.29, 1.82) is 0 Å². The summed E-state index contributed by atoms with van der Waals surface area (Å²) < 4.78 is 0. The number of benzene rings is 1. The summed E-state index contributed by atoms with van der Waals surface area (Å²) in [6.45, 7) is 6.65. The molecule has 3 nitrogen and oxygen atoms in total. The second-order valence-electron chi connectivity index (χ2n) is 8.85. The zero-order chi connectivity index (χ0) is 19.9. The van der Waals surface area contributed by atoms with Crippen LogP contribution >= 0.6 is 0 Å². The van der Waals surface area contributed by atoms with E-state index < -0.39 is 5.97 Å². The molecule has 0 spiro atoms. The molecule has 1 aromatic carbocycles. The summed E-state index contributed by atoms with van der Waals surface area (Å²) in [5.41, 5.74) is 2.68. The number of aliphatic carboxylic acids is 1. The van der Waals surface area contributed by atoms with Crippen LogP contribution in [0.1, 0.15) is 83.3 Å². The SMILES string of the molecule is CC(C)(C)c1ccc(C=C[C@@H]2CCC(=O)[C@H]2CCCCCCC(=O)O)cc1. The lowest BCUT2D eigenvalue weighted by molar-refractivity contribution is -0.137. The van der Waals surface area contributed by atoms with Crippen LogP contribution in [0.25, 0.3) is 6.08 Å². The zero-order valence-corrected chi connectivity index (χ0v) is 17.0. The molecule has 0 amide bonds. The molecule has 1 N–H and O–H groups in total. The van der Waals surface area contributed by atoms with E-state index in [2.05, 4.69) is 57.2 Å². The second-order valence-corrected chi connectivity index (χ2v) is 8.85. The summed E-state index contributed by atoms with van der Waals surface area (Å²) in [6, 6.07) is 8.69. The number of ketones is 1. The molecule has 1 aliphatic carbocycles. The molecule has 0 aromatic heterocycles. The highest BCUT2D eigenvalue weighted by atomic mass is 16.4. The Labute approximate surface area is 163 Å². The maximum Gasteiger partial charge on any atom is 0.303 e. The van der Waals surface area contributed by atoms with Crippen molar-refractivity contribution in [2.45, 2.75) is 77.6 Å². The van der Waals surface area contributed by atoms with Gasteiger partial charge in [-0.25, -0.2) is 0 Å². The van der Waals surface area contributed by atoms with E-state index in [-0.39, 0.29) is 17.8 Å². The van der Waals surface area contributed by atoms with Gasteiger partial charge in [-0.3, -0.25) is 9.59 Å². The van der Waals surface area contributed by atoms with Crippen molar-refractivity contribution >= 4 is 17.8 Å². The molecule has 0 saturated heterocycles. The van der Waals surface area contributed by atoms with Crippen LogP contribution in [-0.2, 0) is 15.0 Å². The Kier molecular flexibility index (Phi) is 7.82. The van der Waals surface area contributed by atoms with Gasteiger partial charge < -0.3 is 5.11 Å². The summed E-state index contributed by atoms with van der Waals surface area (Å²) in [4.78, 5) is 22.8. The van der Waals surface area contributed by atoms with Crippen LogP contribution in [0, 0.1) is 11.8 Å². The van der Waals surface area contributed by atoms with Gasteiger partial charge in [-0.1, -0.05) is 76.5 Å². The highest BCUT2D eigenvalue weighted by Crippen LogP contribution is 2.34. The summed E-state index contributed by atoms with van der Waals surface area (Å²) in [7, 11) is 0. The highest BCUT2D eigenvalue weighted by molar-refractivity contribution is 5.84. The third-order valence-electron chi connectivity index (χ3n) is 5.62. The van der Waals surface area contributed by atoms with E-state index >= 15 is 0 Å². The molecule has 3 heteroatoms. The van der Waals surface area contributed by atoms with E-state index in [0.717, 1.165) is 38.5 Å². The minimum Gasteiger partial charge on any atom is -0.481 e. The van der Waals surface area contributed by atoms with Crippen LogP contribution < -0.4 is 0 Å². The van der Waals surface area contributed by atoms with Gasteiger partial charge in [0.25, 0.3) is 0 Å². The van der Waals surface area contributed by atoms with Gasteiger partial charge in [-0.2, -0.15) is 0 Å². The smallest absolute Gasteiger partial charge is 0.303 e. The molecule has 0 heterocycles. The van der Waals surface area contributed by atoms with Crippen molar-refractivity contribution in [2.24, 2.45) is 11.8 Å². The number of Topliss-reactive ketones (excluding diaryl/α,β-unsaturated/α-hetero) is 1. The minimum atomic E-state index is -0.721. The quantitative estimate of drug-likeness (QED) is 0.541. The number of carboxylic acids is 1. The lowest BCUT2D eigenvalue weighted by atomic mass is 9.86. The van der Waals surface area contributed by atoms with Crippen LogP contribution in [0.3, 0.4) is 0 Å². The lowest BCUT2D eigenvalue weighted by Crippen LogP contribution is -2.13. The monoisotopic (exact) mass is 370 g/mol. The molecule has 1 saturated carbocycles. The van der Waals surface area contributed by atoms with Crippen molar-refractivity contribution in [3.05, 3.63) is 41.5 Å². The van der Waals surface area contributed by atoms with Gasteiger partial charge in [0.2, 0.25) is 0 Å². The van der Waals surface area contributed by atoms with Crippen LogP contribution in [0.2, 0.25) is 0 Å². The van der Waals surface area contributed by atoms with E-state index in [0.29, 0.717) is 18.1 Å². The number of unbranched alkanes of at least 4 members (excludes halogenated alkanes) is 3. The van der Waals surface area contributed by atoms with Crippen molar-refractivity contribution < 1.29 is 14.7 Å². The topological polar surface area (TPSA) is 54.4 Å². The third kappa shape index (κ3) is 6.97. The van der Waals surface area contributed by atoms with Crippen molar-refractivity contribution in [1.82, 2.24) is 0 Å². The molecule has 2 rings (SSSR count). The Morgan fingerprint density at radius 1 is 1.11 bits per heavy atom. The molecule has 148 valence electrons. The van der Waals surface area contributed by atoms with E-state index in [1.807, 2.05) is 0 Å². The molecule has 0 bridgehead atoms. The summed E-state index contributed by atoms with van der Waals surface area (Å²) in [5.74, 6) is 0.174. The summed E-state index contributed by atoms with van der Waals surface area (Å²) in [6.07, 6.45) is 10.9. The van der Waals surface area contributed by atoms with Gasteiger partial charge >= 0.3 is 5.97 Å². The number of allylic oxidation sites excluding steroid dienone is 1. The molecule has 0 radical (unpaired) electrons. The molecule has 2 atom stereocenters. The maximum atomic E-state index is 12.2. The predicted octanol–water partition coefficient (Wildman–Crippen LogP) is 6.02. The Morgan fingerprint density at radius 2 is 1.78 bits per heavy atom. The Morgan fingerprint density at radius 3 is 2.41 bits per heavy atom. The fourth-order valence-corrected chi connectivity index (χ4v) is 3.86. The van der Waals surface area contributed by atoms with E-state index in [1.165, 1.54) is 11.1 Å². The summed E-state index contributed by atoms with van der Waals surface area (Å²) in [5, 5.41) is 8.67. The first-order valence-electron chi connectivity index (χ1n) is 10.3. The first-order chi connectivity index (χ1) is 12.8. The largest absolute Gasteiger partial charge is 0.481 e. The second kappa shape index (κ2) is 9.87. The van der Waals surface area contributed by atoms with E-state index in [1.54, 1.807) is 0 Å². The number of hydrogen-bond acceptors (Lipinski definition) is 2. The van der Waals surface area contributed by atoms with Crippen LogP contribution in [0.4, 0.5) is 0 Å². The van der Waals surface area contributed by atoms with Crippen molar-refractivity contribution in [3.63, 3.8) is 0 Å². The van der Waals surface area contributed by atoms with E-state index in [4.69, 9.17) is 5.11 Å². The average Bonchev–Trinajstić information content (AvgIpc) is 2.95. The van der Waals surface area contributed by atoms with Crippen LogP contribution in [0.15, 0.2) is 30.3 Å². The number of carbonyl (C=O) groups is 2. The number of hydrogen-bond donors (Lipinski definition) is 1. The van der Waals surface area contributed by atoms with Crippen molar-refractivity contribution in [3.8, 4) is 0 Å². The molecular weight excluding hydrogens is 336 g/mol. The molecule has 27 heavy (non-hydrogen) atoms. The lowest BCUT2D eigenvalue weighted by Gasteiger charge is -2.19. The Bertz CT molecular complexity index is 649. The van der Waals surface area contributed by atoms with Crippen LogP contribution in [0.5, 0.6) is 0 Å². The van der Waals surface area contributed by atoms with Gasteiger partial charge in [0.15, 0.2) is 0 Å². The fraction of sp³-hybridized carbons (Fsp3) is 0.583. The van der Waals surface area contributed by atoms with Gasteiger partial charge in [0.1, 0.15) is 5.78 Å². The third-order valence-corrected chi connectivity index (χ3v) is 5.62. The first-order valence-corrected chi connectivity index (χ1v) is 10.3. The number of rotatable bonds is 9. The maximum absolute atomic E-state index is 12.2. The number of carboxylic acid groups (broad SMARTS) is 1. The Hall–Kier alpha value is -1.90. The fourth-order valence-electron chi connectivity index (χ4n) is 3.86. The predicted molar refractivity (Wildman–Crippen MR) is 111 cm³/mol. The standard InChI is InChI=1S/C24H34O3/c1-24(2,3)20-15-11-18(12-16-20)10-13-19-14-17-22(25)21(19)8-6-4-5-7-9-23(26)27/h10-13,15-16,19,21H,4-9,14,17H2,1-3H3,(H,26,27)/t19-,21+/m1/s1. The zero-order valence-electron chi connectivity index (χ0n) is 17.0. The highest BCUT2D eigenvalue weighted by Gasteiger charge is 2.32. The molecule has 1 aliphatic rings. The van der Waals surface area contributed by atoms with Gasteiger partial charge in [0, 0.05) is 18.8 Å². The molecule has 0 aliphatic heterocycles. The minimum absolute atomic E-state index is 0.148. The summed E-state index contributed by atoms with van der Waals surface area (Å²) >= 11 is 0. The Balaban J connectivity index is 1.84. The molecule has 0 unspecified atom stereocenters. The van der Waals surface area contributed by atoms with E-state index in [9.17, 15) is 9.59 Å². The van der Waals surface area contributed by atoms with Gasteiger partial charge in [0.05, 0.1) is 0 Å². The molecular formula is C24H34O3. The molecule has 1 aromatic rings. The normalized spacial score (nSPS) is 20.5. The average molecular weight is 371 g/mol. The molecule has 1 fully saturated rings. The number of carbonyl (C=O) groups excluding carboxylic acids is 1. The van der Waals surface area contributed by atoms with Gasteiger partial charge in [-0.15, -0.1) is 0 Å². The van der Waals surface area contributed by atoms with Crippen LogP contribution in [-0.4, -0.2) is 16.9 Å². The van der Waals surface area contributed by atoms with Gasteiger partial charge in [-0.05, 0) is 41.7 Å². The van der Waals surface area contributed by atoms with Crippen molar-refractivity contribution in [2.75, 3.05) is 0 Å². The first kappa shape index (κ1) is 21.4.